The number of hydrogen-bond acceptors (Lipinski definition) is 3. The van der Waals surface area contributed by atoms with E-state index in [4.69, 9.17) is 16.3 Å². The summed E-state index contributed by atoms with van der Waals surface area (Å²) in [6.45, 7) is 0.206. The molecule has 0 fully saturated rings. The Morgan fingerprint density at radius 3 is 2.55 bits per heavy atom. The molecule has 20 heavy (non-hydrogen) atoms. The first-order chi connectivity index (χ1) is 9.56. The van der Waals surface area contributed by atoms with Crippen LogP contribution in [0.15, 0.2) is 58.8 Å². The molecule has 0 unspecified atom stereocenters. The van der Waals surface area contributed by atoms with Gasteiger partial charge in [-0.05, 0) is 24.3 Å². The Morgan fingerprint density at radius 2 is 1.80 bits per heavy atom. The highest BCUT2D eigenvalue weighted by molar-refractivity contribution is 7.95. The van der Waals surface area contributed by atoms with Gasteiger partial charge >= 0.3 is 0 Å². The van der Waals surface area contributed by atoms with E-state index < -0.39 is 9.84 Å². The molecule has 0 aromatic heterocycles. The second kappa shape index (κ2) is 4.96. The van der Waals surface area contributed by atoms with Gasteiger partial charge in [-0.25, -0.2) is 8.42 Å². The van der Waals surface area contributed by atoms with Crippen molar-refractivity contribution in [2.45, 2.75) is 4.90 Å². The second-order valence-electron chi connectivity index (χ2n) is 4.43. The maximum atomic E-state index is 12.0. The van der Waals surface area contributed by atoms with Crippen molar-refractivity contribution in [1.82, 2.24) is 0 Å². The normalized spacial score (nSPS) is 15.6. The summed E-state index contributed by atoms with van der Waals surface area (Å²) in [5, 5.41) is 1.66. The molecule has 1 heterocycles. The van der Waals surface area contributed by atoms with Crippen molar-refractivity contribution in [3.05, 3.63) is 64.5 Å². The van der Waals surface area contributed by atoms with Gasteiger partial charge in [0, 0.05) is 21.6 Å². The third-order valence-corrected chi connectivity index (χ3v) is 4.81. The van der Waals surface area contributed by atoms with E-state index in [-0.39, 0.29) is 11.5 Å². The summed E-state index contributed by atoms with van der Waals surface area (Å²) >= 11 is 5.85. The third-order valence-electron chi connectivity index (χ3n) is 3.03. The number of benzene rings is 2. The largest absolute Gasteiger partial charge is 0.489 e. The highest BCUT2D eigenvalue weighted by Gasteiger charge is 2.27. The highest BCUT2D eigenvalue weighted by atomic mass is 35.5. The zero-order valence-electron chi connectivity index (χ0n) is 10.4. The van der Waals surface area contributed by atoms with Crippen molar-refractivity contribution >= 4 is 27.0 Å². The van der Waals surface area contributed by atoms with E-state index in [1.165, 1.54) is 11.5 Å². The van der Waals surface area contributed by atoms with E-state index in [0.29, 0.717) is 21.9 Å². The lowest BCUT2D eigenvalue weighted by molar-refractivity contribution is 0.370. The molecule has 3 nitrogen and oxygen atoms in total. The number of halogens is 1. The SMILES string of the molecule is O=S1(=O)C=C(COc2ccccc2)c2ccc(Cl)cc21. The van der Waals surface area contributed by atoms with Crippen LogP contribution in [-0.4, -0.2) is 15.0 Å². The maximum absolute atomic E-state index is 12.0. The molecule has 0 amide bonds. The topological polar surface area (TPSA) is 43.4 Å². The van der Waals surface area contributed by atoms with Crippen molar-refractivity contribution < 1.29 is 13.2 Å². The Labute approximate surface area is 122 Å². The van der Waals surface area contributed by atoms with E-state index in [1.54, 1.807) is 12.1 Å². The van der Waals surface area contributed by atoms with Crippen LogP contribution in [0.3, 0.4) is 0 Å². The number of para-hydroxylation sites is 1. The van der Waals surface area contributed by atoms with E-state index in [9.17, 15) is 8.42 Å². The van der Waals surface area contributed by atoms with Crippen LogP contribution in [-0.2, 0) is 9.84 Å². The van der Waals surface area contributed by atoms with Crippen molar-refractivity contribution in [3.8, 4) is 5.75 Å². The first-order valence-corrected chi connectivity index (χ1v) is 7.92. The fourth-order valence-corrected chi connectivity index (χ4v) is 3.83. The van der Waals surface area contributed by atoms with E-state index in [1.807, 2.05) is 30.3 Å². The maximum Gasteiger partial charge on any atom is 0.200 e. The van der Waals surface area contributed by atoms with Crippen LogP contribution >= 0.6 is 11.6 Å². The Morgan fingerprint density at radius 1 is 1.05 bits per heavy atom. The van der Waals surface area contributed by atoms with Gasteiger partial charge < -0.3 is 4.74 Å². The van der Waals surface area contributed by atoms with Crippen molar-refractivity contribution in [1.29, 1.82) is 0 Å². The zero-order valence-corrected chi connectivity index (χ0v) is 12.0. The summed E-state index contributed by atoms with van der Waals surface area (Å²) in [7, 11) is -3.41. The van der Waals surface area contributed by atoms with Gasteiger partial charge in [-0.2, -0.15) is 0 Å². The molecule has 0 radical (unpaired) electrons. The predicted octanol–water partition coefficient (Wildman–Crippen LogP) is 3.55. The molecule has 0 saturated heterocycles. The van der Waals surface area contributed by atoms with E-state index in [2.05, 4.69) is 0 Å². The van der Waals surface area contributed by atoms with Gasteiger partial charge in [0.2, 0.25) is 9.84 Å². The van der Waals surface area contributed by atoms with Gasteiger partial charge in [0.1, 0.15) is 12.4 Å². The molecule has 5 heteroatoms. The molecule has 1 aliphatic heterocycles. The number of sulfone groups is 1. The number of hydrogen-bond donors (Lipinski definition) is 0. The molecule has 2 aromatic carbocycles. The Hall–Kier alpha value is -1.78. The van der Waals surface area contributed by atoms with Crippen LogP contribution in [0.5, 0.6) is 5.75 Å². The molecule has 0 spiro atoms. The summed E-state index contributed by atoms with van der Waals surface area (Å²) < 4.78 is 29.7. The molecule has 0 atom stereocenters. The molecule has 3 rings (SSSR count). The van der Waals surface area contributed by atoms with Crippen LogP contribution < -0.4 is 4.74 Å². The zero-order chi connectivity index (χ0) is 14.2. The van der Waals surface area contributed by atoms with Crippen molar-refractivity contribution in [2.75, 3.05) is 6.61 Å². The molecule has 0 N–H and O–H groups in total. The lowest BCUT2D eigenvalue weighted by Gasteiger charge is -2.07. The standard InChI is InChI=1S/C15H11ClO3S/c16-12-6-7-14-11(10-20(17,18)15(14)8-12)9-19-13-4-2-1-3-5-13/h1-8,10H,9H2. The molecule has 2 aromatic rings. The van der Waals surface area contributed by atoms with E-state index >= 15 is 0 Å². The van der Waals surface area contributed by atoms with Gasteiger partial charge in [-0.3, -0.25) is 0 Å². The molecule has 0 bridgehead atoms. The van der Waals surface area contributed by atoms with Gasteiger partial charge in [-0.1, -0.05) is 35.9 Å². The smallest absolute Gasteiger partial charge is 0.200 e. The lowest BCUT2D eigenvalue weighted by atomic mass is 10.1. The third kappa shape index (κ3) is 2.44. The van der Waals surface area contributed by atoms with Crippen LogP contribution in [0, 0.1) is 0 Å². The fourth-order valence-electron chi connectivity index (χ4n) is 2.10. The minimum absolute atomic E-state index is 0.206. The molecular weight excluding hydrogens is 296 g/mol. The summed E-state index contributed by atoms with van der Waals surface area (Å²) in [5.74, 6) is 0.702. The number of fused-ring (bicyclic) bond motifs is 1. The van der Waals surface area contributed by atoms with Crippen molar-refractivity contribution in [3.63, 3.8) is 0 Å². The van der Waals surface area contributed by atoms with Gasteiger partial charge in [0.05, 0.1) is 4.90 Å². The predicted molar refractivity (Wildman–Crippen MR) is 78.6 cm³/mol. The fraction of sp³-hybridized carbons (Fsp3) is 0.0667. The molecule has 102 valence electrons. The van der Waals surface area contributed by atoms with Crippen molar-refractivity contribution in [2.24, 2.45) is 0 Å². The lowest BCUT2D eigenvalue weighted by Crippen LogP contribution is -1.99. The number of ether oxygens (including phenoxy) is 1. The summed E-state index contributed by atoms with van der Waals surface area (Å²) in [6.07, 6.45) is 0. The Bertz CT molecular complexity index is 780. The average Bonchev–Trinajstić information content (AvgIpc) is 2.69. The molecule has 0 aliphatic carbocycles. The Kier molecular flexibility index (Phi) is 3.28. The average molecular weight is 307 g/mol. The van der Waals surface area contributed by atoms with Crippen LogP contribution in [0.4, 0.5) is 0 Å². The first kappa shape index (κ1) is 13.2. The minimum Gasteiger partial charge on any atom is -0.489 e. The summed E-state index contributed by atoms with van der Waals surface area (Å²) in [5.41, 5.74) is 1.30. The Balaban J connectivity index is 1.89. The van der Waals surface area contributed by atoms with Gasteiger partial charge in [0.15, 0.2) is 0 Å². The molecular formula is C15H11ClO3S. The summed E-state index contributed by atoms with van der Waals surface area (Å²) in [4.78, 5) is 0.247. The van der Waals surface area contributed by atoms with Gasteiger partial charge in [0.25, 0.3) is 0 Å². The second-order valence-corrected chi connectivity index (χ2v) is 6.63. The van der Waals surface area contributed by atoms with Gasteiger partial charge in [-0.15, -0.1) is 0 Å². The molecule has 0 saturated carbocycles. The summed E-state index contributed by atoms with van der Waals surface area (Å²) in [6, 6.07) is 14.1. The molecule has 1 aliphatic rings. The van der Waals surface area contributed by atoms with E-state index in [0.717, 1.165) is 0 Å². The minimum atomic E-state index is -3.41. The first-order valence-electron chi connectivity index (χ1n) is 6.00. The highest BCUT2D eigenvalue weighted by Crippen LogP contribution is 2.35. The van der Waals surface area contributed by atoms with Crippen LogP contribution in [0.2, 0.25) is 5.02 Å². The van der Waals surface area contributed by atoms with Crippen LogP contribution in [0.25, 0.3) is 5.57 Å². The quantitative estimate of drug-likeness (QED) is 0.871. The monoisotopic (exact) mass is 306 g/mol. The number of rotatable bonds is 3. The van der Waals surface area contributed by atoms with Crippen LogP contribution in [0.1, 0.15) is 5.56 Å².